The third kappa shape index (κ3) is 4.79. The van der Waals surface area contributed by atoms with Gasteiger partial charge in [0, 0.05) is 32.7 Å². The lowest BCUT2D eigenvalue weighted by atomic mass is 10.1. The van der Waals surface area contributed by atoms with E-state index in [4.69, 9.17) is 9.47 Å². The van der Waals surface area contributed by atoms with Crippen molar-refractivity contribution >= 4 is 17.1 Å². The quantitative estimate of drug-likeness (QED) is 0.430. The van der Waals surface area contributed by atoms with Crippen molar-refractivity contribution in [1.82, 2.24) is 4.90 Å². The minimum atomic E-state index is 0.769. The number of fused-ring (bicyclic) bond motifs is 2. The molecule has 0 amide bonds. The van der Waals surface area contributed by atoms with Gasteiger partial charge in [0.25, 0.3) is 0 Å². The van der Waals surface area contributed by atoms with E-state index in [-0.39, 0.29) is 0 Å². The summed E-state index contributed by atoms with van der Waals surface area (Å²) in [7, 11) is 0. The zero-order chi connectivity index (χ0) is 22.5. The van der Waals surface area contributed by atoms with Crippen LogP contribution in [0.15, 0.2) is 72.8 Å². The summed E-state index contributed by atoms with van der Waals surface area (Å²) >= 11 is 0. The third-order valence-electron chi connectivity index (χ3n) is 6.43. The van der Waals surface area contributed by atoms with Crippen LogP contribution in [-0.2, 0) is 0 Å². The second-order valence-corrected chi connectivity index (χ2v) is 8.69. The molecule has 0 aromatic heterocycles. The lowest BCUT2D eigenvalue weighted by Crippen LogP contribution is -2.47. The molecule has 0 spiro atoms. The van der Waals surface area contributed by atoms with Crippen LogP contribution in [0.1, 0.15) is 19.8 Å². The van der Waals surface area contributed by atoms with Crippen LogP contribution in [-0.4, -0.2) is 50.8 Å². The molecule has 0 aliphatic carbocycles. The first-order valence-corrected chi connectivity index (χ1v) is 12.2. The van der Waals surface area contributed by atoms with Crippen molar-refractivity contribution < 1.29 is 9.47 Å². The SMILES string of the molecule is CCCOc1ccccc1N1CCN(CCCN2c3ccccc3Oc3ccccc32)CC1. The summed E-state index contributed by atoms with van der Waals surface area (Å²) in [6.45, 7) is 9.23. The molecule has 5 rings (SSSR count). The number of para-hydroxylation sites is 6. The van der Waals surface area contributed by atoms with Crippen LogP contribution in [0.3, 0.4) is 0 Å². The van der Waals surface area contributed by atoms with Crippen LogP contribution in [0.5, 0.6) is 17.2 Å². The molecule has 1 fully saturated rings. The highest BCUT2D eigenvalue weighted by Gasteiger charge is 2.24. The normalized spacial score (nSPS) is 15.5. The number of benzene rings is 3. The molecule has 0 saturated carbocycles. The minimum absolute atomic E-state index is 0.769. The molecular formula is C28H33N3O2. The van der Waals surface area contributed by atoms with Gasteiger partial charge in [-0.05, 0) is 55.8 Å². The van der Waals surface area contributed by atoms with E-state index in [1.54, 1.807) is 0 Å². The van der Waals surface area contributed by atoms with Crippen LogP contribution in [0.2, 0.25) is 0 Å². The van der Waals surface area contributed by atoms with E-state index in [0.29, 0.717) is 0 Å². The second-order valence-electron chi connectivity index (χ2n) is 8.69. The summed E-state index contributed by atoms with van der Waals surface area (Å²) in [5, 5.41) is 0. The first kappa shape index (κ1) is 21.7. The van der Waals surface area contributed by atoms with E-state index in [1.165, 1.54) is 5.69 Å². The zero-order valence-electron chi connectivity index (χ0n) is 19.5. The second kappa shape index (κ2) is 10.2. The molecule has 0 unspecified atom stereocenters. The van der Waals surface area contributed by atoms with Gasteiger partial charge in [0.05, 0.1) is 23.7 Å². The summed E-state index contributed by atoms with van der Waals surface area (Å²) in [4.78, 5) is 7.46. The minimum Gasteiger partial charge on any atom is -0.491 e. The number of rotatable bonds is 8. The van der Waals surface area contributed by atoms with Crippen LogP contribution in [0.25, 0.3) is 0 Å². The Morgan fingerprint density at radius 2 is 1.33 bits per heavy atom. The molecule has 5 nitrogen and oxygen atoms in total. The van der Waals surface area contributed by atoms with Gasteiger partial charge >= 0.3 is 0 Å². The van der Waals surface area contributed by atoms with Crippen LogP contribution >= 0.6 is 0 Å². The van der Waals surface area contributed by atoms with Gasteiger partial charge in [-0.25, -0.2) is 0 Å². The fraction of sp³-hybridized carbons (Fsp3) is 0.357. The van der Waals surface area contributed by atoms with Crippen LogP contribution < -0.4 is 19.3 Å². The molecule has 33 heavy (non-hydrogen) atoms. The van der Waals surface area contributed by atoms with E-state index in [0.717, 1.165) is 87.3 Å². The molecule has 2 heterocycles. The highest BCUT2D eigenvalue weighted by molar-refractivity contribution is 5.77. The van der Waals surface area contributed by atoms with Crippen LogP contribution in [0, 0.1) is 0 Å². The van der Waals surface area contributed by atoms with Crippen molar-refractivity contribution in [2.75, 3.05) is 55.7 Å². The fourth-order valence-electron chi connectivity index (χ4n) is 4.74. The molecule has 1 saturated heterocycles. The highest BCUT2D eigenvalue weighted by atomic mass is 16.5. The summed E-state index contributed by atoms with van der Waals surface area (Å²) in [5.74, 6) is 2.89. The molecule has 0 atom stereocenters. The number of piperazine rings is 1. The Hall–Kier alpha value is -3.18. The number of hydrogen-bond donors (Lipinski definition) is 0. The Morgan fingerprint density at radius 3 is 2.00 bits per heavy atom. The largest absolute Gasteiger partial charge is 0.491 e. The van der Waals surface area contributed by atoms with Gasteiger partial charge in [0.2, 0.25) is 0 Å². The first-order chi connectivity index (χ1) is 16.3. The van der Waals surface area contributed by atoms with Crippen molar-refractivity contribution in [1.29, 1.82) is 0 Å². The van der Waals surface area contributed by atoms with Gasteiger partial charge in [-0.3, -0.25) is 4.90 Å². The average Bonchev–Trinajstić information content (AvgIpc) is 2.87. The zero-order valence-corrected chi connectivity index (χ0v) is 19.5. The Labute approximate surface area is 197 Å². The summed E-state index contributed by atoms with van der Waals surface area (Å²) in [6.07, 6.45) is 2.14. The topological polar surface area (TPSA) is 28.2 Å². The Kier molecular flexibility index (Phi) is 6.68. The maximum atomic E-state index is 6.12. The molecule has 0 radical (unpaired) electrons. The monoisotopic (exact) mass is 443 g/mol. The molecular weight excluding hydrogens is 410 g/mol. The number of anilines is 3. The van der Waals surface area contributed by atoms with Gasteiger partial charge in [0.15, 0.2) is 11.5 Å². The Morgan fingerprint density at radius 1 is 0.727 bits per heavy atom. The maximum absolute atomic E-state index is 6.12. The predicted molar refractivity (Wildman–Crippen MR) is 135 cm³/mol. The first-order valence-electron chi connectivity index (χ1n) is 12.2. The van der Waals surface area contributed by atoms with Crippen molar-refractivity contribution in [3.63, 3.8) is 0 Å². The summed E-state index contributed by atoms with van der Waals surface area (Å²) in [6, 6.07) is 25.1. The lowest BCUT2D eigenvalue weighted by molar-refractivity contribution is 0.254. The fourth-order valence-corrected chi connectivity index (χ4v) is 4.74. The summed E-state index contributed by atoms with van der Waals surface area (Å²) < 4.78 is 12.1. The smallest absolute Gasteiger partial charge is 0.151 e. The number of nitrogens with zero attached hydrogens (tertiary/aromatic N) is 3. The lowest BCUT2D eigenvalue weighted by Gasteiger charge is -2.37. The van der Waals surface area contributed by atoms with Crippen molar-refractivity contribution in [3.05, 3.63) is 72.8 Å². The highest BCUT2D eigenvalue weighted by Crippen LogP contribution is 2.46. The van der Waals surface area contributed by atoms with Gasteiger partial charge in [-0.15, -0.1) is 0 Å². The molecule has 3 aromatic rings. The molecule has 0 bridgehead atoms. The van der Waals surface area contributed by atoms with E-state index < -0.39 is 0 Å². The van der Waals surface area contributed by atoms with Gasteiger partial charge in [-0.1, -0.05) is 43.3 Å². The van der Waals surface area contributed by atoms with Gasteiger partial charge in [0.1, 0.15) is 5.75 Å². The van der Waals surface area contributed by atoms with E-state index >= 15 is 0 Å². The molecule has 0 N–H and O–H groups in total. The number of hydrogen-bond acceptors (Lipinski definition) is 5. The van der Waals surface area contributed by atoms with Crippen molar-refractivity contribution in [2.45, 2.75) is 19.8 Å². The third-order valence-corrected chi connectivity index (χ3v) is 6.43. The number of ether oxygens (including phenoxy) is 2. The molecule has 2 aliphatic rings. The van der Waals surface area contributed by atoms with E-state index in [1.807, 2.05) is 12.1 Å². The van der Waals surface area contributed by atoms with E-state index in [9.17, 15) is 0 Å². The average molecular weight is 444 g/mol. The van der Waals surface area contributed by atoms with Gasteiger partial charge in [-0.2, -0.15) is 0 Å². The standard InChI is InChI=1S/C28H33N3O2/c1-2-22-32-26-13-6-3-10-23(26)30-20-18-29(19-21-30)16-9-17-31-24-11-4-7-14-27(24)33-28-15-8-5-12-25(28)31/h3-8,10-15H,2,9,16-22H2,1H3. The van der Waals surface area contributed by atoms with Crippen molar-refractivity contribution in [3.8, 4) is 17.2 Å². The molecule has 2 aliphatic heterocycles. The van der Waals surface area contributed by atoms with Crippen molar-refractivity contribution in [2.24, 2.45) is 0 Å². The van der Waals surface area contributed by atoms with Crippen LogP contribution in [0.4, 0.5) is 17.1 Å². The van der Waals surface area contributed by atoms with E-state index in [2.05, 4.69) is 82.3 Å². The molecule has 3 aromatic carbocycles. The molecule has 172 valence electrons. The van der Waals surface area contributed by atoms with Gasteiger partial charge < -0.3 is 19.3 Å². The maximum Gasteiger partial charge on any atom is 0.151 e. The summed E-state index contributed by atoms with van der Waals surface area (Å²) in [5.41, 5.74) is 3.54. The Balaban J connectivity index is 1.17. The molecule has 5 heteroatoms. The Bertz CT molecular complexity index is 1020. The predicted octanol–water partition coefficient (Wildman–Crippen LogP) is 5.93.